The minimum atomic E-state index is 0.718. The second-order valence-electron chi connectivity index (χ2n) is 7.58. The monoisotopic (exact) mass is 432 g/mol. The lowest BCUT2D eigenvalue weighted by Gasteiger charge is -2.16. The van der Waals surface area contributed by atoms with E-state index in [9.17, 15) is 0 Å². The van der Waals surface area contributed by atoms with Gasteiger partial charge in [-0.15, -0.1) is 0 Å². The number of nitrogens with one attached hydrogen (secondary N) is 2. The highest BCUT2D eigenvalue weighted by Crippen LogP contribution is 2.21. The van der Waals surface area contributed by atoms with E-state index in [0.29, 0.717) is 0 Å². The molecule has 3 rings (SSSR count). The van der Waals surface area contributed by atoms with Crippen LogP contribution in [0, 0.1) is 13.8 Å². The molecule has 31 heavy (non-hydrogen) atoms. The minimum absolute atomic E-state index is 0.718. The molecule has 0 bridgehead atoms. The molecule has 0 fully saturated rings. The van der Waals surface area contributed by atoms with Crippen molar-refractivity contribution in [1.82, 2.24) is 15.1 Å². The molecule has 0 saturated carbocycles. The second kappa shape index (κ2) is 11.0. The van der Waals surface area contributed by atoms with E-state index in [4.69, 9.17) is 0 Å². The summed E-state index contributed by atoms with van der Waals surface area (Å²) in [6.45, 7) is 14.5. The number of rotatable bonds is 10. The molecule has 4 nitrogen and oxygen atoms in total. The lowest BCUT2D eigenvalue weighted by atomic mass is 10.0. The van der Waals surface area contributed by atoms with Gasteiger partial charge in [-0.2, -0.15) is 5.10 Å². The van der Waals surface area contributed by atoms with Crippen LogP contribution >= 0.6 is 8.58 Å². The van der Waals surface area contributed by atoms with E-state index in [0.717, 1.165) is 50.7 Å². The van der Waals surface area contributed by atoms with E-state index < -0.39 is 0 Å². The molecular formula is C26H33N4P. The Balaban J connectivity index is 1.74. The Morgan fingerprint density at radius 3 is 2.48 bits per heavy atom. The molecule has 1 aromatic heterocycles. The molecule has 2 aromatic carbocycles. The van der Waals surface area contributed by atoms with E-state index in [2.05, 4.69) is 104 Å². The number of hydrogen-bond acceptors (Lipinski definition) is 3. The Hall–Kier alpha value is -2.84. The van der Waals surface area contributed by atoms with Crippen LogP contribution in [0.2, 0.25) is 0 Å². The van der Waals surface area contributed by atoms with Crippen LogP contribution < -0.4 is 15.9 Å². The molecule has 3 aromatic rings. The van der Waals surface area contributed by atoms with Crippen molar-refractivity contribution in [3.63, 3.8) is 0 Å². The fourth-order valence-corrected chi connectivity index (χ4v) is 4.17. The summed E-state index contributed by atoms with van der Waals surface area (Å²) >= 11 is 0. The molecular weight excluding hydrogens is 399 g/mol. The fourth-order valence-electron chi connectivity index (χ4n) is 3.52. The molecule has 1 heterocycles. The summed E-state index contributed by atoms with van der Waals surface area (Å²) in [5.41, 5.74) is 7.00. The molecule has 0 aliphatic heterocycles. The highest BCUT2D eigenvalue weighted by molar-refractivity contribution is 7.46. The maximum absolute atomic E-state index is 4.64. The van der Waals surface area contributed by atoms with Crippen LogP contribution in [-0.2, 0) is 6.42 Å². The normalized spacial score (nSPS) is 11.8. The minimum Gasteiger partial charge on any atom is -0.383 e. The van der Waals surface area contributed by atoms with Crippen molar-refractivity contribution in [3.05, 3.63) is 89.8 Å². The van der Waals surface area contributed by atoms with Crippen molar-refractivity contribution in [3.8, 4) is 0 Å². The molecule has 5 heteroatoms. The third-order valence-electron chi connectivity index (χ3n) is 5.43. The SMILES string of the molecule is C=C(/C=C(/NCCNc1ccc(CC)cc1)n1ncc(PC)c1C)c1ccccc1C. The highest BCUT2D eigenvalue weighted by Gasteiger charge is 2.10. The van der Waals surface area contributed by atoms with Crippen molar-refractivity contribution >= 4 is 31.0 Å². The molecule has 0 radical (unpaired) electrons. The molecule has 162 valence electrons. The Bertz CT molecular complexity index is 1050. The maximum Gasteiger partial charge on any atom is 0.128 e. The van der Waals surface area contributed by atoms with Gasteiger partial charge >= 0.3 is 0 Å². The van der Waals surface area contributed by atoms with Crippen LogP contribution in [0.3, 0.4) is 0 Å². The van der Waals surface area contributed by atoms with Crippen molar-refractivity contribution in [2.24, 2.45) is 0 Å². The van der Waals surface area contributed by atoms with Gasteiger partial charge in [0.25, 0.3) is 0 Å². The third-order valence-corrected chi connectivity index (χ3v) is 6.46. The average Bonchev–Trinajstić information content (AvgIpc) is 3.16. The van der Waals surface area contributed by atoms with Gasteiger partial charge in [-0.1, -0.05) is 58.5 Å². The molecule has 1 atom stereocenters. The summed E-state index contributed by atoms with van der Waals surface area (Å²) in [5.74, 6) is 0.943. The standard InChI is InChI=1S/C26H33N4P/c1-6-22-11-13-23(14-12-22)27-15-16-28-26(30-21(4)25(31-5)18-29-30)17-20(3)24-10-8-7-9-19(24)2/h7-14,17-18,27-28,31H,3,6,15-16H2,1-2,4-5H3/b26-17-. The third kappa shape index (κ3) is 5.86. The molecule has 0 spiro atoms. The number of allylic oxidation sites excluding steroid dienone is 2. The summed E-state index contributed by atoms with van der Waals surface area (Å²) < 4.78 is 1.99. The first-order valence-electron chi connectivity index (χ1n) is 10.8. The van der Waals surface area contributed by atoms with Crippen LogP contribution in [0.25, 0.3) is 11.4 Å². The van der Waals surface area contributed by atoms with Gasteiger partial charge in [0.05, 0.1) is 11.9 Å². The second-order valence-corrected chi connectivity index (χ2v) is 8.62. The van der Waals surface area contributed by atoms with Crippen molar-refractivity contribution in [2.45, 2.75) is 27.2 Å². The van der Waals surface area contributed by atoms with Crippen molar-refractivity contribution in [2.75, 3.05) is 25.1 Å². The van der Waals surface area contributed by atoms with E-state index in [-0.39, 0.29) is 0 Å². The van der Waals surface area contributed by atoms with Crippen molar-refractivity contribution in [1.29, 1.82) is 0 Å². The molecule has 0 aliphatic rings. The van der Waals surface area contributed by atoms with Gasteiger partial charge < -0.3 is 10.6 Å². The number of aromatic nitrogens is 2. The summed E-state index contributed by atoms with van der Waals surface area (Å²) in [6.07, 6.45) is 5.12. The smallest absolute Gasteiger partial charge is 0.128 e. The van der Waals surface area contributed by atoms with Gasteiger partial charge in [0.1, 0.15) is 5.82 Å². The lowest BCUT2D eigenvalue weighted by molar-refractivity contribution is 0.763. The van der Waals surface area contributed by atoms with Gasteiger partial charge in [-0.25, -0.2) is 4.68 Å². The summed E-state index contributed by atoms with van der Waals surface area (Å²) in [6, 6.07) is 17.0. The first-order valence-corrected chi connectivity index (χ1v) is 12.3. The van der Waals surface area contributed by atoms with Crippen LogP contribution in [0.1, 0.15) is 29.3 Å². The summed E-state index contributed by atoms with van der Waals surface area (Å²) in [7, 11) is 0.718. The van der Waals surface area contributed by atoms with Gasteiger partial charge in [0.15, 0.2) is 0 Å². The molecule has 0 amide bonds. The number of hydrogen-bond donors (Lipinski definition) is 2. The van der Waals surface area contributed by atoms with E-state index in [1.807, 2.05) is 10.9 Å². The Kier molecular flexibility index (Phi) is 8.08. The fraction of sp³-hybridized carbons (Fsp3) is 0.269. The maximum atomic E-state index is 4.64. The van der Waals surface area contributed by atoms with Crippen LogP contribution in [0.15, 0.2) is 67.4 Å². The zero-order valence-corrected chi connectivity index (χ0v) is 20.0. The number of nitrogens with zero attached hydrogens (tertiary/aromatic N) is 2. The van der Waals surface area contributed by atoms with Gasteiger partial charge in [-0.3, -0.25) is 0 Å². The lowest BCUT2D eigenvalue weighted by Crippen LogP contribution is -2.25. The van der Waals surface area contributed by atoms with E-state index >= 15 is 0 Å². The van der Waals surface area contributed by atoms with E-state index in [1.165, 1.54) is 22.1 Å². The van der Waals surface area contributed by atoms with Crippen LogP contribution in [-0.4, -0.2) is 29.5 Å². The topological polar surface area (TPSA) is 41.9 Å². The zero-order valence-electron chi connectivity index (χ0n) is 19.0. The van der Waals surface area contributed by atoms with Gasteiger partial charge in [0.2, 0.25) is 0 Å². The average molecular weight is 433 g/mol. The zero-order chi connectivity index (χ0) is 22.2. The molecule has 1 unspecified atom stereocenters. The summed E-state index contributed by atoms with van der Waals surface area (Å²) in [5, 5.41) is 13.0. The Labute approximate surface area is 188 Å². The van der Waals surface area contributed by atoms with E-state index in [1.54, 1.807) is 0 Å². The first kappa shape index (κ1) is 22.8. The highest BCUT2D eigenvalue weighted by atomic mass is 31.1. The van der Waals surface area contributed by atoms with Gasteiger partial charge in [-0.05, 0) is 67.4 Å². The Morgan fingerprint density at radius 2 is 1.84 bits per heavy atom. The largest absolute Gasteiger partial charge is 0.383 e. The molecule has 0 aliphatic carbocycles. The number of benzene rings is 2. The number of anilines is 1. The Morgan fingerprint density at radius 1 is 1.10 bits per heavy atom. The quantitative estimate of drug-likeness (QED) is 0.263. The predicted octanol–water partition coefficient (Wildman–Crippen LogP) is 5.21. The summed E-state index contributed by atoms with van der Waals surface area (Å²) in [4.78, 5) is 0. The number of aryl methyl sites for hydroxylation is 2. The molecule has 0 saturated heterocycles. The molecule has 2 N–H and O–H groups in total. The van der Waals surface area contributed by atoms with Crippen LogP contribution in [0.4, 0.5) is 5.69 Å². The first-order chi connectivity index (χ1) is 15.0. The van der Waals surface area contributed by atoms with Gasteiger partial charge in [0, 0.05) is 24.1 Å². The van der Waals surface area contributed by atoms with Crippen molar-refractivity contribution < 1.29 is 0 Å². The predicted molar refractivity (Wildman–Crippen MR) is 138 cm³/mol. The van der Waals surface area contributed by atoms with Crippen LogP contribution in [0.5, 0.6) is 0 Å².